The highest BCUT2D eigenvalue weighted by molar-refractivity contribution is 5.93. The summed E-state index contributed by atoms with van der Waals surface area (Å²) in [5, 5.41) is 13.5. The van der Waals surface area contributed by atoms with Crippen molar-refractivity contribution in [2.45, 2.75) is 19.4 Å². The van der Waals surface area contributed by atoms with Crippen molar-refractivity contribution in [3.05, 3.63) is 67.0 Å². The average molecular weight is 400 g/mol. The summed E-state index contributed by atoms with van der Waals surface area (Å²) in [4.78, 5) is 13.6. The van der Waals surface area contributed by atoms with Crippen molar-refractivity contribution in [2.24, 2.45) is 0 Å². The van der Waals surface area contributed by atoms with Gasteiger partial charge in [-0.05, 0) is 54.4 Å². The van der Waals surface area contributed by atoms with E-state index in [1.165, 1.54) is 0 Å². The molecule has 4 aromatic rings. The number of aliphatic hydroxyl groups excluding tert-OH is 1. The second-order valence-electron chi connectivity index (χ2n) is 7.13. The number of aromatic nitrogens is 3. The van der Waals surface area contributed by atoms with E-state index in [9.17, 15) is 5.11 Å². The highest BCUT2D eigenvalue weighted by Crippen LogP contribution is 2.30. The van der Waals surface area contributed by atoms with Crippen LogP contribution in [0.3, 0.4) is 0 Å². The van der Waals surface area contributed by atoms with E-state index in [-0.39, 0.29) is 6.10 Å². The van der Waals surface area contributed by atoms with Crippen molar-refractivity contribution in [1.29, 1.82) is 0 Å². The van der Waals surface area contributed by atoms with Crippen LogP contribution in [0, 0.1) is 0 Å². The Kier molecular flexibility index (Phi) is 5.86. The second-order valence-corrected chi connectivity index (χ2v) is 7.13. The third-order valence-electron chi connectivity index (χ3n) is 4.82. The van der Waals surface area contributed by atoms with Crippen molar-refractivity contribution >= 4 is 16.7 Å². The zero-order valence-electron chi connectivity index (χ0n) is 17.0. The molecule has 1 atom stereocenters. The molecule has 0 aliphatic heterocycles. The summed E-state index contributed by atoms with van der Waals surface area (Å²) < 4.78 is 5.77. The van der Waals surface area contributed by atoms with Crippen LogP contribution in [0.2, 0.25) is 0 Å². The Hall–Kier alpha value is -3.51. The summed E-state index contributed by atoms with van der Waals surface area (Å²) in [6, 6.07) is 17.9. The van der Waals surface area contributed by atoms with Gasteiger partial charge in [0.1, 0.15) is 11.6 Å². The van der Waals surface area contributed by atoms with E-state index < -0.39 is 0 Å². The fourth-order valence-electron chi connectivity index (χ4n) is 3.24. The Balaban J connectivity index is 1.68. The van der Waals surface area contributed by atoms with E-state index in [1.807, 2.05) is 49.5 Å². The SMILES string of the molecule is CNc1nc(-c2cccnc2)nc2ccc(-c3cccc(OCCC(C)O)c3)cc12. The van der Waals surface area contributed by atoms with Crippen LogP contribution in [0.5, 0.6) is 5.75 Å². The fourth-order valence-corrected chi connectivity index (χ4v) is 3.24. The van der Waals surface area contributed by atoms with Crippen LogP contribution in [0.25, 0.3) is 33.4 Å². The molecule has 152 valence electrons. The summed E-state index contributed by atoms with van der Waals surface area (Å²) in [6.07, 6.45) is 3.73. The van der Waals surface area contributed by atoms with Gasteiger partial charge in [0.15, 0.2) is 5.82 Å². The number of nitrogens with one attached hydrogen (secondary N) is 1. The van der Waals surface area contributed by atoms with E-state index in [0.29, 0.717) is 18.9 Å². The molecule has 0 spiro atoms. The van der Waals surface area contributed by atoms with Crippen molar-refractivity contribution < 1.29 is 9.84 Å². The normalized spacial score (nSPS) is 12.0. The minimum atomic E-state index is -0.370. The maximum atomic E-state index is 9.40. The molecule has 0 aliphatic rings. The number of rotatable bonds is 7. The van der Waals surface area contributed by atoms with Crippen LogP contribution in [0.1, 0.15) is 13.3 Å². The van der Waals surface area contributed by atoms with Gasteiger partial charge in [-0.15, -0.1) is 0 Å². The molecule has 0 amide bonds. The standard InChI is InChI=1S/C24H24N4O2/c1-16(29)10-12-30-20-7-3-5-17(13-20)18-8-9-22-21(14-18)24(25-2)28-23(27-22)19-6-4-11-26-15-19/h3-9,11,13-16,29H,10,12H2,1-2H3,(H,25,27,28). The lowest BCUT2D eigenvalue weighted by molar-refractivity contribution is 0.155. The van der Waals surface area contributed by atoms with Crippen LogP contribution in [0.15, 0.2) is 67.0 Å². The number of aliphatic hydroxyl groups is 1. The molecule has 0 fully saturated rings. The molecular weight excluding hydrogens is 376 g/mol. The molecule has 2 aromatic carbocycles. The lowest BCUT2D eigenvalue weighted by atomic mass is 10.0. The first-order valence-electron chi connectivity index (χ1n) is 9.95. The molecule has 0 aliphatic carbocycles. The van der Waals surface area contributed by atoms with Gasteiger partial charge in [0.25, 0.3) is 0 Å². The monoisotopic (exact) mass is 400 g/mol. The molecule has 6 nitrogen and oxygen atoms in total. The average Bonchev–Trinajstić information content (AvgIpc) is 2.78. The maximum Gasteiger partial charge on any atom is 0.163 e. The quantitative estimate of drug-likeness (QED) is 0.474. The highest BCUT2D eigenvalue weighted by atomic mass is 16.5. The Morgan fingerprint density at radius 1 is 1.00 bits per heavy atom. The smallest absolute Gasteiger partial charge is 0.163 e. The number of hydrogen-bond acceptors (Lipinski definition) is 6. The third-order valence-corrected chi connectivity index (χ3v) is 4.82. The fraction of sp³-hybridized carbons (Fsp3) is 0.208. The van der Waals surface area contributed by atoms with Crippen LogP contribution in [0.4, 0.5) is 5.82 Å². The Bertz CT molecular complexity index is 1150. The van der Waals surface area contributed by atoms with Crippen LogP contribution >= 0.6 is 0 Å². The number of hydrogen-bond donors (Lipinski definition) is 2. The summed E-state index contributed by atoms with van der Waals surface area (Å²) in [5.74, 6) is 2.19. The van der Waals surface area contributed by atoms with E-state index in [0.717, 1.165) is 39.2 Å². The lowest BCUT2D eigenvalue weighted by Gasteiger charge is -2.11. The van der Waals surface area contributed by atoms with Gasteiger partial charge in [0.2, 0.25) is 0 Å². The largest absolute Gasteiger partial charge is 0.493 e. The van der Waals surface area contributed by atoms with Crippen LogP contribution in [-0.4, -0.2) is 39.8 Å². The number of pyridine rings is 1. The van der Waals surface area contributed by atoms with Crippen molar-refractivity contribution in [3.63, 3.8) is 0 Å². The minimum Gasteiger partial charge on any atom is -0.493 e. The number of anilines is 1. The Morgan fingerprint density at radius 2 is 1.83 bits per heavy atom. The summed E-state index contributed by atoms with van der Waals surface area (Å²) in [6.45, 7) is 2.24. The van der Waals surface area contributed by atoms with Gasteiger partial charge >= 0.3 is 0 Å². The van der Waals surface area contributed by atoms with Crippen LogP contribution < -0.4 is 10.1 Å². The zero-order valence-corrected chi connectivity index (χ0v) is 17.0. The van der Waals surface area contributed by atoms with Gasteiger partial charge < -0.3 is 15.2 Å². The maximum absolute atomic E-state index is 9.40. The summed E-state index contributed by atoms with van der Waals surface area (Å²) in [7, 11) is 1.86. The predicted octanol–water partition coefficient (Wildman–Crippen LogP) is 4.55. The topological polar surface area (TPSA) is 80.2 Å². The number of nitrogens with zero attached hydrogens (tertiary/aromatic N) is 3. The van der Waals surface area contributed by atoms with Gasteiger partial charge in [-0.3, -0.25) is 4.98 Å². The van der Waals surface area contributed by atoms with E-state index >= 15 is 0 Å². The Labute approximate surface area is 175 Å². The zero-order chi connectivity index (χ0) is 20.9. The van der Waals surface area contributed by atoms with Gasteiger partial charge in [-0.2, -0.15) is 0 Å². The molecule has 0 radical (unpaired) electrons. The van der Waals surface area contributed by atoms with E-state index in [4.69, 9.17) is 9.72 Å². The molecule has 1 unspecified atom stereocenters. The van der Waals surface area contributed by atoms with Gasteiger partial charge in [0, 0.05) is 36.8 Å². The first kappa shape index (κ1) is 19.8. The number of fused-ring (bicyclic) bond motifs is 1. The highest BCUT2D eigenvalue weighted by Gasteiger charge is 2.11. The minimum absolute atomic E-state index is 0.370. The molecule has 2 aromatic heterocycles. The molecule has 6 heteroatoms. The van der Waals surface area contributed by atoms with Crippen LogP contribution in [-0.2, 0) is 0 Å². The van der Waals surface area contributed by atoms with E-state index in [2.05, 4.69) is 27.4 Å². The molecule has 0 bridgehead atoms. The molecule has 0 saturated carbocycles. The third kappa shape index (κ3) is 4.39. The van der Waals surface area contributed by atoms with E-state index in [1.54, 1.807) is 19.3 Å². The van der Waals surface area contributed by atoms with Crippen molar-refractivity contribution in [3.8, 4) is 28.3 Å². The number of benzene rings is 2. The first-order valence-corrected chi connectivity index (χ1v) is 9.95. The van der Waals surface area contributed by atoms with Crippen molar-refractivity contribution in [2.75, 3.05) is 19.0 Å². The lowest BCUT2D eigenvalue weighted by Crippen LogP contribution is -2.07. The Morgan fingerprint density at radius 3 is 2.60 bits per heavy atom. The van der Waals surface area contributed by atoms with Gasteiger partial charge in [-0.25, -0.2) is 9.97 Å². The van der Waals surface area contributed by atoms with Crippen molar-refractivity contribution in [1.82, 2.24) is 15.0 Å². The molecular formula is C24H24N4O2. The molecule has 2 heterocycles. The summed E-state index contributed by atoms with van der Waals surface area (Å²) in [5.41, 5.74) is 3.84. The first-order chi connectivity index (χ1) is 14.6. The molecule has 2 N–H and O–H groups in total. The molecule has 4 rings (SSSR count). The predicted molar refractivity (Wildman–Crippen MR) is 120 cm³/mol. The second kappa shape index (κ2) is 8.88. The number of ether oxygens (including phenoxy) is 1. The van der Waals surface area contributed by atoms with Gasteiger partial charge in [0.05, 0.1) is 18.2 Å². The molecule has 0 saturated heterocycles. The van der Waals surface area contributed by atoms with Gasteiger partial charge in [-0.1, -0.05) is 18.2 Å². The summed E-state index contributed by atoms with van der Waals surface area (Å²) >= 11 is 0. The molecule has 30 heavy (non-hydrogen) atoms.